The van der Waals surface area contributed by atoms with Crippen molar-refractivity contribution in [2.24, 2.45) is 0 Å². The summed E-state index contributed by atoms with van der Waals surface area (Å²) in [6.07, 6.45) is 4.05. The van der Waals surface area contributed by atoms with Crippen molar-refractivity contribution in [3.05, 3.63) is 29.8 Å². The first kappa shape index (κ1) is 12.0. The summed E-state index contributed by atoms with van der Waals surface area (Å²) in [7, 11) is 0. The smallest absolute Gasteiger partial charge is 0.348 e. The maximum absolute atomic E-state index is 11.3. The third-order valence-electron chi connectivity index (χ3n) is 3.45. The van der Waals surface area contributed by atoms with Crippen LogP contribution in [-0.2, 0) is 11.2 Å². The van der Waals surface area contributed by atoms with Gasteiger partial charge < -0.3 is 9.84 Å². The molecule has 3 nitrogen and oxygen atoms in total. The van der Waals surface area contributed by atoms with E-state index >= 15 is 0 Å². The van der Waals surface area contributed by atoms with E-state index in [1.165, 1.54) is 5.56 Å². The van der Waals surface area contributed by atoms with Gasteiger partial charge in [0.1, 0.15) is 5.75 Å². The van der Waals surface area contributed by atoms with Crippen molar-refractivity contribution in [2.75, 3.05) is 0 Å². The van der Waals surface area contributed by atoms with Crippen LogP contribution in [0.3, 0.4) is 0 Å². The standard InChI is InChI=1S/C14H18O3/c1-2-11-5-7-12(8-6-11)17-14(13(15)16)9-3-4-10-14/h5-8H,2-4,9-10H2,1H3,(H,15,16). The number of carbonyl (C=O) groups is 1. The van der Waals surface area contributed by atoms with Crippen LogP contribution >= 0.6 is 0 Å². The van der Waals surface area contributed by atoms with Crippen molar-refractivity contribution in [3.63, 3.8) is 0 Å². The van der Waals surface area contributed by atoms with E-state index in [0.717, 1.165) is 19.3 Å². The van der Waals surface area contributed by atoms with Gasteiger partial charge in [0.25, 0.3) is 0 Å². The number of carboxylic acids is 1. The molecule has 2 rings (SSSR count). The average Bonchev–Trinajstić information content (AvgIpc) is 2.80. The van der Waals surface area contributed by atoms with Gasteiger partial charge in [0, 0.05) is 0 Å². The number of rotatable bonds is 4. The van der Waals surface area contributed by atoms with Crippen LogP contribution in [0.25, 0.3) is 0 Å². The van der Waals surface area contributed by atoms with Gasteiger partial charge in [-0.15, -0.1) is 0 Å². The third kappa shape index (κ3) is 2.43. The van der Waals surface area contributed by atoms with Crippen LogP contribution in [0.4, 0.5) is 0 Å². The van der Waals surface area contributed by atoms with Gasteiger partial charge in [0.2, 0.25) is 5.60 Å². The fraction of sp³-hybridized carbons (Fsp3) is 0.500. The molecule has 1 aliphatic rings. The number of ether oxygens (including phenoxy) is 1. The Kier molecular flexibility index (Phi) is 3.36. The normalized spacial score (nSPS) is 17.9. The molecule has 3 heteroatoms. The second kappa shape index (κ2) is 4.78. The molecule has 0 unspecified atom stereocenters. The lowest BCUT2D eigenvalue weighted by atomic mass is 10.0. The highest BCUT2D eigenvalue weighted by atomic mass is 16.5. The van der Waals surface area contributed by atoms with Gasteiger partial charge in [-0.25, -0.2) is 4.79 Å². The molecule has 1 aromatic carbocycles. The van der Waals surface area contributed by atoms with Crippen LogP contribution < -0.4 is 4.74 Å². The lowest BCUT2D eigenvalue weighted by Gasteiger charge is -2.25. The molecule has 0 aliphatic heterocycles. The summed E-state index contributed by atoms with van der Waals surface area (Å²) in [5, 5.41) is 9.30. The Bertz CT molecular complexity index is 388. The predicted molar refractivity (Wildman–Crippen MR) is 65.3 cm³/mol. The zero-order chi connectivity index (χ0) is 12.3. The molecule has 0 atom stereocenters. The van der Waals surface area contributed by atoms with E-state index in [1.807, 2.05) is 24.3 Å². The molecule has 1 N–H and O–H groups in total. The van der Waals surface area contributed by atoms with Crippen molar-refractivity contribution in [1.82, 2.24) is 0 Å². The summed E-state index contributed by atoms with van der Waals surface area (Å²) in [6.45, 7) is 2.09. The third-order valence-corrected chi connectivity index (χ3v) is 3.45. The molecule has 1 aromatic rings. The van der Waals surface area contributed by atoms with Crippen molar-refractivity contribution < 1.29 is 14.6 Å². The van der Waals surface area contributed by atoms with Crippen molar-refractivity contribution in [1.29, 1.82) is 0 Å². The quantitative estimate of drug-likeness (QED) is 0.871. The summed E-state index contributed by atoms with van der Waals surface area (Å²) in [5.41, 5.74) is 0.237. The van der Waals surface area contributed by atoms with Crippen LogP contribution in [0.2, 0.25) is 0 Å². The maximum Gasteiger partial charge on any atom is 0.348 e. The molecular weight excluding hydrogens is 216 g/mol. The minimum Gasteiger partial charge on any atom is -0.478 e. The first-order valence-electron chi connectivity index (χ1n) is 6.18. The van der Waals surface area contributed by atoms with Crippen molar-refractivity contribution in [3.8, 4) is 5.75 Å². The Balaban J connectivity index is 2.15. The first-order valence-corrected chi connectivity index (χ1v) is 6.18. The van der Waals surface area contributed by atoms with Gasteiger partial charge in [-0.1, -0.05) is 19.1 Å². The summed E-state index contributed by atoms with van der Waals surface area (Å²) in [6, 6.07) is 7.70. The zero-order valence-electron chi connectivity index (χ0n) is 10.1. The summed E-state index contributed by atoms with van der Waals surface area (Å²) >= 11 is 0. The monoisotopic (exact) mass is 234 g/mol. The molecule has 1 aliphatic carbocycles. The van der Waals surface area contributed by atoms with E-state index in [2.05, 4.69) is 6.92 Å². The van der Waals surface area contributed by atoms with Gasteiger partial charge in [0.15, 0.2) is 0 Å². The lowest BCUT2D eigenvalue weighted by Crippen LogP contribution is -2.41. The fourth-order valence-corrected chi connectivity index (χ4v) is 2.32. The summed E-state index contributed by atoms with van der Waals surface area (Å²) < 4.78 is 5.72. The molecule has 92 valence electrons. The van der Waals surface area contributed by atoms with E-state index in [0.29, 0.717) is 18.6 Å². The highest BCUT2D eigenvalue weighted by Crippen LogP contribution is 2.34. The molecule has 0 aromatic heterocycles. The Labute approximate surface area is 101 Å². The molecule has 0 heterocycles. The molecule has 0 spiro atoms. The molecule has 1 fully saturated rings. The molecular formula is C14H18O3. The van der Waals surface area contributed by atoms with Crippen LogP contribution in [0, 0.1) is 0 Å². The number of aliphatic carboxylic acids is 1. The topological polar surface area (TPSA) is 46.5 Å². The van der Waals surface area contributed by atoms with E-state index in [-0.39, 0.29) is 0 Å². The van der Waals surface area contributed by atoms with Crippen molar-refractivity contribution >= 4 is 5.97 Å². The summed E-state index contributed by atoms with van der Waals surface area (Å²) in [5.74, 6) is -0.180. The van der Waals surface area contributed by atoms with Crippen LogP contribution in [0.1, 0.15) is 38.2 Å². The van der Waals surface area contributed by atoms with Crippen LogP contribution in [0.15, 0.2) is 24.3 Å². The SMILES string of the molecule is CCc1ccc(OC2(C(=O)O)CCCC2)cc1. The lowest BCUT2D eigenvalue weighted by molar-refractivity contribution is -0.154. The number of carboxylic acid groups (broad SMARTS) is 1. The van der Waals surface area contributed by atoms with Gasteiger partial charge in [-0.05, 0) is 49.8 Å². The van der Waals surface area contributed by atoms with Crippen LogP contribution in [-0.4, -0.2) is 16.7 Å². The minimum absolute atomic E-state index is 0.609. The highest BCUT2D eigenvalue weighted by molar-refractivity contribution is 5.78. The molecule has 1 saturated carbocycles. The van der Waals surface area contributed by atoms with Gasteiger partial charge in [0.05, 0.1) is 0 Å². The highest BCUT2D eigenvalue weighted by Gasteiger charge is 2.43. The number of benzene rings is 1. The molecule has 0 saturated heterocycles. The van der Waals surface area contributed by atoms with Crippen molar-refractivity contribution in [2.45, 2.75) is 44.6 Å². The van der Waals surface area contributed by atoms with E-state index in [1.54, 1.807) is 0 Å². The first-order chi connectivity index (χ1) is 8.16. The number of hydrogen-bond acceptors (Lipinski definition) is 2. The van der Waals surface area contributed by atoms with E-state index in [4.69, 9.17) is 4.74 Å². The molecule has 17 heavy (non-hydrogen) atoms. The zero-order valence-corrected chi connectivity index (χ0v) is 10.1. The van der Waals surface area contributed by atoms with Crippen LogP contribution in [0.5, 0.6) is 5.75 Å². The number of hydrogen-bond donors (Lipinski definition) is 1. The summed E-state index contributed by atoms with van der Waals surface area (Å²) in [4.78, 5) is 11.3. The maximum atomic E-state index is 11.3. The molecule has 0 amide bonds. The van der Waals surface area contributed by atoms with Gasteiger partial charge >= 0.3 is 5.97 Å². The number of aryl methyl sites for hydroxylation is 1. The predicted octanol–water partition coefficient (Wildman–Crippen LogP) is 3.03. The Morgan fingerprint density at radius 1 is 1.29 bits per heavy atom. The Morgan fingerprint density at radius 3 is 2.35 bits per heavy atom. The van der Waals surface area contributed by atoms with Gasteiger partial charge in [-0.2, -0.15) is 0 Å². The fourth-order valence-electron chi connectivity index (χ4n) is 2.32. The second-order valence-corrected chi connectivity index (χ2v) is 4.61. The second-order valence-electron chi connectivity index (χ2n) is 4.61. The molecule has 0 bridgehead atoms. The van der Waals surface area contributed by atoms with Gasteiger partial charge in [-0.3, -0.25) is 0 Å². The van der Waals surface area contributed by atoms with E-state index in [9.17, 15) is 9.90 Å². The Morgan fingerprint density at radius 2 is 1.88 bits per heavy atom. The average molecular weight is 234 g/mol. The molecule has 0 radical (unpaired) electrons. The largest absolute Gasteiger partial charge is 0.478 e. The Hall–Kier alpha value is -1.51. The minimum atomic E-state index is -0.992. The van der Waals surface area contributed by atoms with E-state index < -0.39 is 11.6 Å².